The van der Waals surface area contributed by atoms with Crippen LogP contribution in [0.1, 0.15) is 5.56 Å². The fourth-order valence-corrected chi connectivity index (χ4v) is 1.83. The zero-order chi connectivity index (χ0) is 14.3. The minimum absolute atomic E-state index is 0.119. The summed E-state index contributed by atoms with van der Waals surface area (Å²) in [4.78, 5) is 7.70. The van der Waals surface area contributed by atoms with E-state index >= 15 is 0 Å². The molecule has 0 fully saturated rings. The fourth-order valence-electron chi connectivity index (χ4n) is 1.83. The number of nitrogen functional groups attached to an aromatic ring is 1. The molecule has 0 bridgehead atoms. The number of hydrogen-bond donors (Lipinski definition) is 1. The van der Waals surface area contributed by atoms with Gasteiger partial charge in [-0.05, 0) is 12.1 Å². The summed E-state index contributed by atoms with van der Waals surface area (Å²) in [6, 6.07) is 6.46. The Morgan fingerprint density at radius 1 is 1.10 bits per heavy atom. The third kappa shape index (κ3) is 2.04. The van der Waals surface area contributed by atoms with Crippen molar-refractivity contribution in [3.05, 3.63) is 42.2 Å². The zero-order valence-electron chi connectivity index (χ0n) is 9.96. The van der Waals surface area contributed by atoms with Crippen molar-refractivity contribution in [1.29, 1.82) is 0 Å². The molecule has 20 heavy (non-hydrogen) atoms. The van der Waals surface area contributed by atoms with Gasteiger partial charge in [0.15, 0.2) is 5.65 Å². The normalized spacial score (nSPS) is 11.9. The number of alkyl halides is 3. The Bertz CT molecular complexity index is 778. The van der Waals surface area contributed by atoms with E-state index in [1.165, 1.54) is 16.9 Å². The van der Waals surface area contributed by atoms with Gasteiger partial charge in [-0.25, -0.2) is 9.97 Å². The van der Waals surface area contributed by atoms with E-state index in [0.717, 1.165) is 12.1 Å². The van der Waals surface area contributed by atoms with Crippen molar-refractivity contribution < 1.29 is 13.2 Å². The average Bonchev–Trinajstić information content (AvgIpc) is 2.83. The fraction of sp³-hybridized carbons (Fsp3) is 0.0833. The van der Waals surface area contributed by atoms with Crippen molar-refractivity contribution in [3.8, 4) is 11.3 Å². The summed E-state index contributed by atoms with van der Waals surface area (Å²) in [5, 5.41) is 4.10. The van der Waals surface area contributed by atoms with E-state index in [-0.39, 0.29) is 5.95 Å². The van der Waals surface area contributed by atoms with Gasteiger partial charge >= 0.3 is 6.18 Å². The monoisotopic (exact) mass is 279 g/mol. The molecular formula is C12H8F3N5. The lowest BCUT2D eigenvalue weighted by atomic mass is 10.1. The summed E-state index contributed by atoms with van der Waals surface area (Å²) < 4.78 is 39.3. The first-order chi connectivity index (χ1) is 9.45. The van der Waals surface area contributed by atoms with Crippen LogP contribution in [0.4, 0.5) is 19.1 Å². The van der Waals surface area contributed by atoms with Crippen molar-refractivity contribution in [2.75, 3.05) is 5.73 Å². The van der Waals surface area contributed by atoms with Crippen molar-refractivity contribution in [1.82, 2.24) is 19.6 Å². The largest absolute Gasteiger partial charge is 0.416 e. The molecule has 0 aliphatic rings. The topological polar surface area (TPSA) is 69.1 Å². The summed E-state index contributed by atoms with van der Waals surface area (Å²) in [6.07, 6.45) is -3.13. The van der Waals surface area contributed by atoms with Gasteiger partial charge in [0.2, 0.25) is 5.95 Å². The molecule has 0 saturated carbocycles. The van der Waals surface area contributed by atoms with E-state index in [0.29, 0.717) is 16.9 Å². The quantitative estimate of drug-likeness (QED) is 0.742. The number of nitrogens with two attached hydrogens (primary N) is 1. The van der Waals surface area contributed by atoms with Gasteiger partial charge in [-0.1, -0.05) is 12.1 Å². The number of hydrogen-bond acceptors (Lipinski definition) is 4. The summed E-state index contributed by atoms with van der Waals surface area (Å²) in [5.41, 5.74) is 5.99. The SMILES string of the molecule is Nc1ncnc2cc(-c3cccc(C(F)(F)F)c3)nn12. The smallest absolute Gasteiger partial charge is 0.368 e. The molecule has 0 spiro atoms. The van der Waals surface area contributed by atoms with E-state index in [1.54, 1.807) is 12.1 Å². The van der Waals surface area contributed by atoms with Gasteiger partial charge in [0, 0.05) is 11.6 Å². The molecule has 0 saturated heterocycles. The van der Waals surface area contributed by atoms with E-state index < -0.39 is 11.7 Å². The van der Waals surface area contributed by atoms with E-state index in [1.807, 2.05) is 0 Å². The highest BCUT2D eigenvalue weighted by Gasteiger charge is 2.30. The standard InChI is InChI=1S/C12H8F3N5/c13-12(14,15)8-3-1-2-7(4-8)9-5-10-17-6-18-11(16)20(10)19-9/h1-6H,(H2,16,17,18). The highest BCUT2D eigenvalue weighted by molar-refractivity contribution is 5.65. The van der Waals surface area contributed by atoms with Crippen LogP contribution in [0.15, 0.2) is 36.7 Å². The summed E-state index contributed by atoms with van der Waals surface area (Å²) in [6.45, 7) is 0. The van der Waals surface area contributed by atoms with Crippen LogP contribution in [0, 0.1) is 0 Å². The Morgan fingerprint density at radius 3 is 2.60 bits per heavy atom. The first-order valence-corrected chi connectivity index (χ1v) is 5.59. The maximum absolute atomic E-state index is 12.7. The number of fused-ring (bicyclic) bond motifs is 1. The molecule has 0 radical (unpaired) electrons. The van der Waals surface area contributed by atoms with Crippen LogP contribution < -0.4 is 5.73 Å². The highest BCUT2D eigenvalue weighted by atomic mass is 19.4. The van der Waals surface area contributed by atoms with E-state index in [4.69, 9.17) is 5.73 Å². The molecule has 0 unspecified atom stereocenters. The van der Waals surface area contributed by atoms with Gasteiger partial charge in [0.1, 0.15) is 6.33 Å². The molecule has 8 heteroatoms. The minimum Gasteiger partial charge on any atom is -0.368 e. The van der Waals surface area contributed by atoms with Gasteiger partial charge in [-0.3, -0.25) is 0 Å². The van der Waals surface area contributed by atoms with Gasteiger partial charge in [-0.2, -0.15) is 22.8 Å². The highest BCUT2D eigenvalue weighted by Crippen LogP contribution is 2.32. The number of nitrogens with zero attached hydrogens (tertiary/aromatic N) is 4. The number of anilines is 1. The number of halogens is 3. The number of aromatic nitrogens is 4. The van der Waals surface area contributed by atoms with Gasteiger partial charge in [-0.15, -0.1) is 0 Å². The van der Waals surface area contributed by atoms with Crippen LogP contribution in [0.3, 0.4) is 0 Å². The second-order valence-electron chi connectivity index (χ2n) is 4.11. The molecule has 0 aliphatic carbocycles. The maximum Gasteiger partial charge on any atom is 0.416 e. The first-order valence-electron chi connectivity index (χ1n) is 5.59. The molecule has 3 aromatic rings. The van der Waals surface area contributed by atoms with Crippen LogP contribution in [0.25, 0.3) is 16.9 Å². The predicted molar refractivity (Wildman–Crippen MR) is 65.6 cm³/mol. The maximum atomic E-state index is 12.7. The summed E-state index contributed by atoms with van der Waals surface area (Å²) >= 11 is 0. The zero-order valence-corrected chi connectivity index (χ0v) is 9.96. The third-order valence-electron chi connectivity index (χ3n) is 2.77. The molecule has 3 rings (SSSR count). The molecule has 2 aromatic heterocycles. The molecule has 0 aliphatic heterocycles. The summed E-state index contributed by atoms with van der Waals surface area (Å²) in [7, 11) is 0. The Hall–Kier alpha value is -2.64. The molecule has 2 heterocycles. The van der Waals surface area contributed by atoms with Crippen LogP contribution >= 0.6 is 0 Å². The molecule has 1 aromatic carbocycles. The molecule has 0 atom stereocenters. The van der Waals surface area contributed by atoms with Crippen molar-refractivity contribution >= 4 is 11.6 Å². The van der Waals surface area contributed by atoms with Crippen LogP contribution in [-0.2, 0) is 6.18 Å². The Morgan fingerprint density at radius 2 is 1.90 bits per heavy atom. The molecular weight excluding hydrogens is 271 g/mol. The van der Waals surface area contributed by atoms with Crippen molar-refractivity contribution in [2.24, 2.45) is 0 Å². The molecule has 2 N–H and O–H groups in total. The number of benzene rings is 1. The Labute approximate surface area is 110 Å². The third-order valence-corrected chi connectivity index (χ3v) is 2.77. The molecule has 5 nitrogen and oxygen atoms in total. The van der Waals surface area contributed by atoms with Crippen molar-refractivity contribution in [3.63, 3.8) is 0 Å². The molecule has 102 valence electrons. The van der Waals surface area contributed by atoms with Gasteiger partial charge in [0.25, 0.3) is 0 Å². The van der Waals surface area contributed by atoms with Crippen molar-refractivity contribution in [2.45, 2.75) is 6.18 Å². The summed E-state index contributed by atoms with van der Waals surface area (Å²) in [5.74, 6) is 0.119. The van der Waals surface area contributed by atoms with Gasteiger partial charge in [0.05, 0.1) is 11.3 Å². The van der Waals surface area contributed by atoms with Gasteiger partial charge < -0.3 is 5.73 Å². The lowest BCUT2D eigenvalue weighted by Crippen LogP contribution is -2.04. The lowest BCUT2D eigenvalue weighted by Gasteiger charge is -2.07. The Balaban J connectivity index is 2.14. The van der Waals surface area contributed by atoms with Crippen LogP contribution in [0.2, 0.25) is 0 Å². The minimum atomic E-state index is -4.39. The second-order valence-corrected chi connectivity index (χ2v) is 4.11. The Kier molecular flexibility index (Phi) is 2.60. The average molecular weight is 279 g/mol. The second kappa shape index (κ2) is 4.19. The lowest BCUT2D eigenvalue weighted by molar-refractivity contribution is -0.137. The van der Waals surface area contributed by atoms with E-state index in [2.05, 4.69) is 15.1 Å². The van der Waals surface area contributed by atoms with Crippen LogP contribution in [-0.4, -0.2) is 19.6 Å². The van der Waals surface area contributed by atoms with E-state index in [9.17, 15) is 13.2 Å². The first kappa shape index (κ1) is 12.4. The van der Waals surface area contributed by atoms with Crippen LogP contribution in [0.5, 0.6) is 0 Å². The molecule has 0 amide bonds. The predicted octanol–water partition coefficient (Wildman–Crippen LogP) is 2.39. The number of rotatable bonds is 1.